The zero-order valence-electron chi connectivity index (χ0n) is 16.6. The van der Waals surface area contributed by atoms with Crippen LogP contribution < -0.4 is 15.4 Å². The van der Waals surface area contributed by atoms with Crippen molar-refractivity contribution in [3.8, 4) is 0 Å². The Bertz CT molecular complexity index is 937. The second-order valence-corrected chi connectivity index (χ2v) is 6.83. The van der Waals surface area contributed by atoms with E-state index in [1.54, 1.807) is 19.1 Å². The lowest BCUT2D eigenvalue weighted by molar-refractivity contribution is -0.143. The summed E-state index contributed by atoms with van der Waals surface area (Å²) in [4.78, 5) is 27.4. The Morgan fingerprint density at radius 2 is 1.80 bits per heavy atom. The normalized spacial score (nSPS) is 14.7. The molecule has 10 heteroatoms. The molecule has 3 rings (SSSR count). The van der Waals surface area contributed by atoms with Gasteiger partial charge in [-0.25, -0.2) is 4.68 Å². The van der Waals surface area contributed by atoms with Gasteiger partial charge in [0.15, 0.2) is 0 Å². The van der Waals surface area contributed by atoms with Gasteiger partial charge in [-0.15, -0.1) is 0 Å². The summed E-state index contributed by atoms with van der Waals surface area (Å²) in [6, 6.07) is 8.30. The van der Waals surface area contributed by atoms with Gasteiger partial charge >= 0.3 is 12.1 Å². The first-order valence-corrected chi connectivity index (χ1v) is 9.69. The van der Waals surface area contributed by atoms with Crippen LogP contribution in [0.3, 0.4) is 0 Å². The highest BCUT2D eigenvalue weighted by atomic mass is 19.4. The summed E-state index contributed by atoms with van der Waals surface area (Å²) in [5, 5.41) is 4.33. The number of aryl methyl sites for hydroxylation is 1. The van der Waals surface area contributed by atoms with Crippen LogP contribution in [0.25, 0.3) is 0 Å². The minimum absolute atomic E-state index is 0.0491. The standard InChI is InChI=1S/C20H23F3N4O3/c1-2-30-19(29)8-9-27-18(28)7-6-17(24-27)26-12-10-25(11-13-26)16-5-3-4-15(14-16)20(21,22)23/h3-7,14H,2,8-13H2,1H3. The second kappa shape index (κ2) is 9.19. The zero-order chi connectivity index (χ0) is 21.7. The molecule has 7 nitrogen and oxygen atoms in total. The number of aromatic nitrogens is 2. The molecule has 0 aliphatic carbocycles. The lowest BCUT2D eigenvalue weighted by atomic mass is 10.1. The summed E-state index contributed by atoms with van der Waals surface area (Å²) < 4.78 is 45.0. The molecular formula is C20H23F3N4O3. The number of halogens is 3. The molecule has 30 heavy (non-hydrogen) atoms. The maximum absolute atomic E-state index is 13.0. The Kier molecular flexibility index (Phi) is 6.63. The van der Waals surface area contributed by atoms with Crippen LogP contribution >= 0.6 is 0 Å². The summed E-state index contributed by atoms with van der Waals surface area (Å²) in [6.45, 7) is 4.23. The Hall–Kier alpha value is -3.04. The first-order chi connectivity index (χ1) is 14.3. The molecule has 1 saturated heterocycles. The lowest BCUT2D eigenvalue weighted by Gasteiger charge is -2.37. The highest BCUT2D eigenvalue weighted by Gasteiger charge is 2.31. The molecule has 0 bridgehead atoms. The minimum atomic E-state index is -4.38. The van der Waals surface area contributed by atoms with Gasteiger partial charge in [-0.1, -0.05) is 6.07 Å². The van der Waals surface area contributed by atoms with E-state index in [0.717, 1.165) is 12.1 Å². The predicted molar refractivity (Wildman–Crippen MR) is 106 cm³/mol. The number of nitrogens with zero attached hydrogens (tertiary/aromatic N) is 4. The van der Waals surface area contributed by atoms with Crippen molar-refractivity contribution in [1.29, 1.82) is 0 Å². The van der Waals surface area contributed by atoms with Gasteiger partial charge < -0.3 is 14.5 Å². The summed E-state index contributed by atoms with van der Waals surface area (Å²) >= 11 is 0. The van der Waals surface area contributed by atoms with Crippen LogP contribution in [0, 0.1) is 0 Å². The van der Waals surface area contributed by atoms with Crippen molar-refractivity contribution in [1.82, 2.24) is 9.78 Å². The largest absolute Gasteiger partial charge is 0.466 e. The van der Waals surface area contributed by atoms with Crippen LogP contribution in [0.15, 0.2) is 41.2 Å². The SMILES string of the molecule is CCOC(=O)CCn1nc(N2CCN(c3cccc(C(F)(F)F)c3)CC2)ccc1=O. The molecule has 2 heterocycles. The molecule has 1 aliphatic rings. The van der Waals surface area contributed by atoms with Crippen molar-refractivity contribution in [2.75, 3.05) is 42.6 Å². The van der Waals surface area contributed by atoms with Gasteiger partial charge in [-0.3, -0.25) is 9.59 Å². The van der Waals surface area contributed by atoms with Crippen LogP contribution in [0.4, 0.5) is 24.7 Å². The fourth-order valence-corrected chi connectivity index (χ4v) is 3.27. The topological polar surface area (TPSA) is 67.7 Å². The molecule has 0 amide bonds. The number of carbonyl (C=O) groups excluding carboxylic acids is 1. The number of hydrogen-bond donors (Lipinski definition) is 0. The smallest absolute Gasteiger partial charge is 0.416 e. The van der Waals surface area contributed by atoms with E-state index in [-0.39, 0.29) is 25.1 Å². The molecule has 1 aromatic heterocycles. The first kappa shape index (κ1) is 21.7. The van der Waals surface area contributed by atoms with Crippen LogP contribution in [0.2, 0.25) is 0 Å². The van der Waals surface area contributed by atoms with Crippen molar-refractivity contribution in [3.05, 3.63) is 52.3 Å². The number of benzene rings is 1. The average molecular weight is 424 g/mol. The summed E-state index contributed by atoms with van der Waals surface area (Å²) in [6.07, 6.45) is -4.33. The van der Waals surface area contributed by atoms with Crippen LogP contribution in [0.5, 0.6) is 0 Å². The van der Waals surface area contributed by atoms with Crippen molar-refractivity contribution in [3.63, 3.8) is 0 Å². The Morgan fingerprint density at radius 3 is 2.47 bits per heavy atom. The number of piperazine rings is 1. The molecular weight excluding hydrogens is 401 g/mol. The van der Waals surface area contributed by atoms with Gasteiger partial charge in [-0.05, 0) is 31.2 Å². The highest BCUT2D eigenvalue weighted by molar-refractivity contribution is 5.69. The first-order valence-electron chi connectivity index (χ1n) is 9.69. The fraction of sp³-hybridized carbons (Fsp3) is 0.450. The zero-order valence-corrected chi connectivity index (χ0v) is 16.6. The van der Waals surface area contributed by atoms with E-state index in [4.69, 9.17) is 4.74 Å². The third kappa shape index (κ3) is 5.31. The number of esters is 1. The molecule has 0 unspecified atom stereocenters. The molecule has 2 aromatic rings. The maximum atomic E-state index is 13.0. The third-order valence-electron chi connectivity index (χ3n) is 4.83. The van der Waals surface area contributed by atoms with Crippen molar-refractivity contribution >= 4 is 17.5 Å². The van der Waals surface area contributed by atoms with Crippen molar-refractivity contribution in [2.24, 2.45) is 0 Å². The van der Waals surface area contributed by atoms with E-state index in [1.807, 2.05) is 9.80 Å². The molecule has 0 atom stereocenters. The highest BCUT2D eigenvalue weighted by Crippen LogP contribution is 2.32. The predicted octanol–water partition coefficient (Wildman–Crippen LogP) is 2.54. The Morgan fingerprint density at radius 1 is 1.10 bits per heavy atom. The van der Waals surface area contributed by atoms with E-state index < -0.39 is 17.7 Å². The maximum Gasteiger partial charge on any atom is 0.416 e. The molecule has 0 radical (unpaired) electrons. The lowest BCUT2D eigenvalue weighted by Crippen LogP contribution is -2.47. The van der Waals surface area contributed by atoms with Crippen molar-refractivity contribution < 1.29 is 22.7 Å². The van der Waals surface area contributed by atoms with E-state index in [2.05, 4.69) is 5.10 Å². The van der Waals surface area contributed by atoms with Gasteiger partial charge in [0.1, 0.15) is 5.82 Å². The monoisotopic (exact) mass is 424 g/mol. The van der Waals surface area contributed by atoms with Crippen molar-refractivity contribution in [2.45, 2.75) is 26.1 Å². The average Bonchev–Trinajstić information content (AvgIpc) is 2.73. The van der Waals surface area contributed by atoms with Gasteiger partial charge in [0, 0.05) is 37.9 Å². The van der Waals surface area contributed by atoms with Gasteiger partial charge in [-0.2, -0.15) is 18.3 Å². The number of ether oxygens (including phenoxy) is 1. The molecule has 0 spiro atoms. The molecule has 162 valence electrons. The summed E-state index contributed by atoms with van der Waals surface area (Å²) in [5.41, 5.74) is -0.458. The Balaban J connectivity index is 1.64. The van der Waals surface area contributed by atoms with E-state index in [9.17, 15) is 22.8 Å². The van der Waals surface area contributed by atoms with Gasteiger partial charge in [0.2, 0.25) is 0 Å². The molecule has 0 saturated carbocycles. The van der Waals surface area contributed by atoms with Gasteiger partial charge in [0.05, 0.1) is 25.1 Å². The summed E-state index contributed by atoms with van der Waals surface area (Å²) in [5.74, 6) is 0.188. The van der Waals surface area contributed by atoms with E-state index in [0.29, 0.717) is 37.7 Å². The molecule has 0 N–H and O–H groups in total. The molecule has 1 aromatic carbocycles. The second-order valence-electron chi connectivity index (χ2n) is 6.83. The number of alkyl halides is 3. The quantitative estimate of drug-likeness (QED) is 0.664. The van der Waals surface area contributed by atoms with Gasteiger partial charge in [0.25, 0.3) is 5.56 Å². The van der Waals surface area contributed by atoms with Crippen LogP contribution in [0.1, 0.15) is 18.9 Å². The van der Waals surface area contributed by atoms with E-state index >= 15 is 0 Å². The van der Waals surface area contributed by atoms with Crippen LogP contribution in [-0.4, -0.2) is 48.5 Å². The minimum Gasteiger partial charge on any atom is -0.466 e. The number of rotatable bonds is 6. The summed E-state index contributed by atoms with van der Waals surface area (Å²) in [7, 11) is 0. The van der Waals surface area contributed by atoms with E-state index in [1.165, 1.54) is 16.8 Å². The Labute approximate surface area is 171 Å². The number of carbonyl (C=O) groups is 1. The fourth-order valence-electron chi connectivity index (χ4n) is 3.27. The third-order valence-corrected chi connectivity index (χ3v) is 4.83. The number of hydrogen-bond acceptors (Lipinski definition) is 6. The molecule has 1 fully saturated rings. The molecule has 1 aliphatic heterocycles. The van der Waals surface area contributed by atoms with Crippen LogP contribution in [-0.2, 0) is 22.3 Å². The number of anilines is 2.